The number of hydrogen-bond acceptors (Lipinski definition) is 4. The fourth-order valence-corrected chi connectivity index (χ4v) is 2.58. The van der Waals surface area contributed by atoms with Crippen LogP contribution >= 0.6 is 15.9 Å². The van der Waals surface area contributed by atoms with Crippen molar-refractivity contribution in [1.29, 1.82) is 5.26 Å². The second kappa shape index (κ2) is 6.84. The molecule has 0 aliphatic carbocycles. The molecule has 0 atom stereocenters. The average Bonchev–Trinajstić information content (AvgIpc) is 2.41. The summed E-state index contributed by atoms with van der Waals surface area (Å²) in [5.41, 5.74) is 6.84. The van der Waals surface area contributed by atoms with Gasteiger partial charge in [-0.1, -0.05) is 15.9 Å². The van der Waals surface area contributed by atoms with Gasteiger partial charge in [-0.25, -0.2) is 0 Å². The number of nitrogens with one attached hydrogen (secondary N) is 1. The number of carbonyl (C=O) groups excluding carboxylic acids is 1. The largest absolute Gasteiger partial charge is 0.328 e. The lowest BCUT2D eigenvalue weighted by Gasteiger charge is -2.29. The maximum atomic E-state index is 12.0. The fraction of sp³-hybridized carbons (Fsp3) is 0.429. The highest BCUT2D eigenvalue weighted by Crippen LogP contribution is 2.21. The van der Waals surface area contributed by atoms with Crippen LogP contribution in [-0.2, 0) is 4.79 Å². The number of hydrogen-bond donors (Lipinski definition) is 2. The Labute approximate surface area is 126 Å². The van der Waals surface area contributed by atoms with Crippen molar-refractivity contribution in [1.82, 2.24) is 4.90 Å². The number of rotatable bonds is 3. The minimum Gasteiger partial charge on any atom is -0.328 e. The van der Waals surface area contributed by atoms with Gasteiger partial charge in [-0.2, -0.15) is 5.26 Å². The van der Waals surface area contributed by atoms with Crippen LogP contribution in [0.1, 0.15) is 18.4 Å². The van der Waals surface area contributed by atoms with Crippen molar-refractivity contribution in [3.8, 4) is 6.07 Å². The first kappa shape index (κ1) is 15.0. The monoisotopic (exact) mass is 336 g/mol. The number of likely N-dealkylation sites (tertiary alicyclic amines) is 1. The molecule has 20 heavy (non-hydrogen) atoms. The van der Waals surface area contributed by atoms with E-state index in [2.05, 4.69) is 32.2 Å². The van der Waals surface area contributed by atoms with E-state index in [0.29, 0.717) is 17.8 Å². The van der Waals surface area contributed by atoms with Gasteiger partial charge < -0.3 is 11.1 Å². The number of anilines is 1. The van der Waals surface area contributed by atoms with E-state index in [0.717, 1.165) is 30.4 Å². The lowest BCUT2D eigenvalue weighted by atomic mass is 10.1. The van der Waals surface area contributed by atoms with E-state index in [1.54, 1.807) is 18.2 Å². The third-order valence-electron chi connectivity index (χ3n) is 3.38. The first-order valence-electron chi connectivity index (χ1n) is 6.56. The van der Waals surface area contributed by atoms with Gasteiger partial charge in [-0.3, -0.25) is 9.69 Å². The van der Waals surface area contributed by atoms with E-state index >= 15 is 0 Å². The minimum absolute atomic E-state index is 0.102. The zero-order valence-corrected chi connectivity index (χ0v) is 12.7. The van der Waals surface area contributed by atoms with Gasteiger partial charge >= 0.3 is 0 Å². The first-order chi connectivity index (χ1) is 9.58. The standard InChI is InChI=1S/C14H17BrN4O/c15-11-2-1-10(8-16)13(7-11)18-14(20)9-19-5-3-12(17)4-6-19/h1-2,7,12H,3-6,9,17H2,(H,18,20). The summed E-state index contributed by atoms with van der Waals surface area (Å²) in [5.74, 6) is -0.102. The van der Waals surface area contributed by atoms with Crippen LogP contribution in [0.15, 0.2) is 22.7 Å². The molecule has 1 aliphatic heterocycles. The second-order valence-corrected chi connectivity index (χ2v) is 5.88. The second-order valence-electron chi connectivity index (χ2n) is 4.96. The highest BCUT2D eigenvalue weighted by Gasteiger charge is 2.18. The summed E-state index contributed by atoms with van der Waals surface area (Å²) in [6.07, 6.45) is 1.85. The van der Waals surface area contributed by atoms with E-state index in [1.807, 2.05) is 0 Å². The number of nitrogens with zero attached hydrogens (tertiary/aromatic N) is 2. The summed E-state index contributed by atoms with van der Waals surface area (Å²) in [7, 11) is 0. The third kappa shape index (κ3) is 4.04. The van der Waals surface area contributed by atoms with Crippen molar-refractivity contribution in [2.45, 2.75) is 18.9 Å². The van der Waals surface area contributed by atoms with Gasteiger partial charge in [-0.15, -0.1) is 0 Å². The normalized spacial score (nSPS) is 16.6. The van der Waals surface area contributed by atoms with Crippen LogP contribution in [0.25, 0.3) is 0 Å². The molecule has 6 heteroatoms. The van der Waals surface area contributed by atoms with Crippen molar-refractivity contribution in [2.75, 3.05) is 25.0 Å². The molecule has 1 fully saturated rings. The SMILES string of the molecule is N#Cc1ccc(Br)cc1NC(=O)CN1CCC(N)CC1. The number of nitriles is 1. The van der Waals surface area contributed by atoms with E-state index in [1.165, 1.54) is 0 Å². The van der Waals surface area contributed by atoms with Gasteiger partial charge in [-0.05, 0) is 31.0 Å². The molecule has 1 heterocycles. The Hall–Kier alpha value is -1.42. The van der Waals surface area contributed by atoms with Crippen LogP contribution in [0.4, 0.5) is 5.69 Å². The van der Waals surface area contributed by atoms with E-state index in [9.17, 15) is 4.79 Å². The topological polar surface area (TPSA) is 82.2 Å². The Balaban J connectivity index is 1.95. The van der Waals surface area contributed by atoms with Crippen LogP contribution in [-0.4, -0.2) is 36.5 Å². The van der Waals surface area contributed by atoms with Crippen molar-refractivity contribution >= 4 is 27.5 Å². The summed E-state index contributed by atoms with van der Waals surface area (Å²) >= 11 is 3.34. The van der Waals surface area contributed by atoms with Crippen LogP contribution in [0.2, 0.25) is 0 Å². The molecule has 2 rings (SSSR count). The third-order valence-corrected chi connectivity index (χ3v) is 3.87. The maximum absolute atomic E-state index is 12.0. The molecule has 106 valence electrons. The molecular formula is C14H17BrN4O. The highest BCUT2D eigenvalue weighted by molar-refractivity contribution is 9.10. The zero-order chi connectivity index (χ0) is 14.5. The Morgan fingerprint density at radius 1 is 1.50 bits per heavy atom. The van der Waals surface area contributed by atoms with Crippen molar-refractivity contribution < 1.29 is 4.79 Å². The predicted molar refractivity (Wildman–Crippen MR) is 81.1 cm³/mol. The molecule has 1 aromatic carbocycles. The van der Waals surface area contributed by atoms with Gasteiger partial charge in [0.15, 0.2) is 0 Å². The van der Waals surface area contributed by atoms with Gasteiger partial charge in [0.1, 0.15) is 6.07 Å². The predicted octanol–water partition coefficient (Wildman–Crippen LogP) is 1.68. The summed E-state index contributed by atoms with van der Waals surface area (Å²) in [6, 6.07) is 7.52. The molecule has 1 aliphatic rings. The smallest absolute Gasteiger partial charge is 0.238 e. The van der Waals surface area contributed by atoms with Crippen molar-refractivity contribution in [3.63, 3.8) is 0 Å². The summed E-state index contributed by atoms with van der Waals surface area (Å²) in [4.78, 5) is 14.1. The molecule has 0 aromatic heterocycles. The van der Waals surface area contributed by atoms with Crippen LogP contribution in [0.5, 0.6) is 0 Å². The summed E-state index contributed by atoms with van der Waals surface area (Å²) in [5, 5.41) is 11.8. The minimum atomic E-state index is -0.102. The zero-order valence-electron chi connectivity index (χ0n) is 11.1. The first-order valence-corrected chi connectivity index (χ1v) is 7.35. The van der Waals surface area contributed by atoms with Crippen LogP contribution in [0.3, 0.4) is 0 Å². The van der Waals surface area contributed by atoms with Crippen molar-refractivity contribution in [2.24, 2.45) is 5.73 Å². The lowest BCUT2D eigenvalue weighted by Crippen LogP contribution is -2.43. The number of halogens is 1. The molecule has 1 amide bonds. The molecule has 3 N–H and O–H groups in total. The van der Waals surface area contributed by atoms with Crippen LogP contribution < -0.4 is 11.1 Å². The fourth-order valence-electron chi connectivity index (χ4n) is 2.22. The summed E-state index contributed by atoms with van der Waals surface area (Å²) < 4.78 is 0.829. The molecule has 5 nitrogen and oxygen atoms in total. The van der Waals surface area contributed by atoms with Crippen molar-refractivity contribution in [3.05, 3.63) is 28.2 Å². The molecule has 0 radical (unpaired) electrons. The Morgan fingerprint density at radius 3 is 2.85 bits per heavy atom. The number of carbonyl (C=O) groups is 1. The molecular weight excluding hydrogens is 320 g/mol. The Kier molecular flexibility index (Phi) is 5.12. The Morgan fingerprint density at radius 2 is 2.20 bits per heavy atom. The maximum Gasteiger partial charge on any atom is 0.238 e. The number of amides is 1. The van der Waals surface area contributed by atoms with Gasteiger partial charge in [0.2, 0.25) is 5.91 Å². The van der Waals surface area contributed by atoms with E-state index < -0.39 is 0 Å². The number of nitrogens with two attached hydrogens (primary N) is 1. The van der Waals surface area contributed by atoms with E-state index in [-0.39, 0.29) is 11.9 Å². The molecule has 0 unspecified atom stereocenters. The molecule has 0 spiro atoms. The molecule has 0 saturated carbocycles. The van der Waals surface area contributed by atoms with Gasteiger partial charge in [0, 0.05) is 23.6 Å². The molecule has 0 bridgehead atoms. The summed E-state index contributed by atoms with van der Waals surface area (Å²) in [6.45, 7) is 2.03. The highest BCUT2D eigenvalue weighted by atomic mass is 79.9. The van der Waals surface area contributed by atoms with Gasteiger partial charge in [0.25, 0.3) is 0 Å². The quantitative estimate of drug-likeness (QED) is 0.879. The average molecular weight is 337 g/mol. The number of piperidine rings is 1. The Bertz CT molecular complexity index is 532. The number of benzene rings is 1. The van der Waals surface area contributed by atoms with Gasteiger partial charge in [0.05, 0.1) is 17.8 Å². The molecule has 1 saturated heterocycles. The van der Waals surface area contributed by atoms with E-state index in [4.69, 9.17) is 11.0 Å². The lowest BCUT2D eigenvalue weighted by molar-refractivity contribution is -0.117. The van der Waals surface area contributed by atoms with Crippen LogP contribution in [0, 0.1) is 11.3 Å². The molecule has 1 aromatic rings.